The van der Waals surface area contributed by atoms with Crippen LogP contribution in [0.1, 0.15) is 25.0 Å². The fraction of sp³-hybridized carbons (Fsp3) is 0.150. The van der Waals surface area contributed by atoms with Gasteiger partial charge in [-0.05, 0) is 34.9 Å². The Kier molecular flexibility index (Phi) is 3.38. The molecule has 1 heterocycles. The number of aromatic hydroxyl groups is 1. The third kappa shape index (κ3) is 2.00. The fourth-order valence-corrected chi connectivity index (χ4v) is 4.20. The monoisotopic (exact) mass is 355 g/mol. The van der Waals surface area contributed by atoms with Gasteiger partial charge in [0.15, 0.2) is 0 Å². The molecule has 0 saturated heterocycles. The lowest BCUT2D eigenvalue weighted by atomic mass is 9.82. The molecule has 120 valence electrons. The van der Waals surface area contributed by atoms with Crippen molar-refractivity contribution >= 4 is 23.2 Å². The minimum Gasteiger partial charge on any atom is -0.507 e. The summed E-state index contributed by atoms with van der Waals surface area (Å²) in [6.45, 7) is 4.28. The second kappa shape index (κ2) is 5.23. The predicted molar refractivity (Wildman–Crippen MR) is 98.9 cm³/mol. The van der Waals surface area contributed by atoms with E-state index in [-0.39, 0.29) is 11.2 Å². The first kappa shape index (κ1) is 15.5. The van der Waals surface area contributed by atoms with Crippen molar-refractivity contribution in [3.8, 4) is 28.0 Å². The number of pyridine rings is 1. The Bertz CT molecular complexity index is 959. The Balaban J connectivity index is 2.06. The van der Waals surface area contributed by atoms with Gasteiger partial charge in [0.1, 0.15) is 5.75 Å². The van der Waals surface area contributed by atoms with Crippen LogP contribution in [0.3, 0.4) is 0 Å². The highest BCUT2D eigenvalue weighted by Crippen LogP contribution is 2.54. The Labute approximate surface area is 150 Å². The van der Waals surface area contributed by atoms with Gasteiger partial charge in [-0.3, -0.25) is 4.98 Å². The zero-order chi connectivity index (χ0) is 17.1. The maximum absolute atomic E-state index is 11.1. The molecule has 1 aromatic heterocycles. The smallest absolute Gasteiger partial charge is 0.131 e. The van der Waals surface area contributed by atoms with Crippen LogP contribution in [0.2, 0.25) is 10.0 Å². The number of fused-ring (bicyclic) bond motifs is 3. The molecule has 0 spiro atoms. The molecule has 0 fully saturated rings. The van der Waals surface area contributed by atoms with Crippen LogP contribution in [0.25, 0.3) is 22.3 Å². The van der Waals surface area contributed by atoms with Crippen LogP contribution in [0.5, 0.6) is 5.75 Å². The SMILES string of the molecule is CC1(C)c2cnccc2-c2c1ccc(-c1c(Cl)cccc1Cl)c2O. The second-order valence-electron chi connectivity index (χ2n) is 6.53. The first-order valence-corrected chi connectivity index (χ1v) is 8.44. The molecule has 0 bridgehead atoms. The Morgan fingerprint density at radius 1 is 0.875 bits per heavy atom. The highest BCUT2D eigenvalue weighted by molar-refractivity contribution is 6.39. The average molecular weight is 356 g/mol. The van der Waals surface area contributed by atoms with Crippen LogP contribution in [0.15, 0.2) is 48.8 Å². The van der Waals surface area contributed by atoms with Gasteiger partial charge in [0.25, 0.3) is 0 Å². The first-order valence-electron chi connectivity index (χ1n) is 7.68. The zero-order valence-electron chi connectivity index (χ0n) is 13.3. The van der Waals surface area contributed by atoms with Gasteiger partial charge in [-0.2, -0.15) is 0 Å². The van der Waals surface area contributed by atoms with Crippen LogP contribution in [0.4, 0.5) is 0 Å². The van der Waals surface area contributed by atoms with Gasteiger partial charge >= 0.3 is 0 Å². The summed E-state index contributed by atoms with van der Waals surface area (Å²) in [7, 11) is 0. The summed E-state index contributed by atoms with van der Waals surface area (Å²) in [5, 5.41) is 12.1. The lowest BCUT2D eigenvalue weighted by Gasteiger charge is -2.21. The summed E-state index contributed by atoms with van der Waals surface area (Å²) >= 11 is 12.7. The minimum atomic E-state index is -0.209. The van der Waals surface area contributed by atoms with Crippen molar-refractivity contribution in [2.75, 3.05) is 0 Å². The molecule has 0 unspecified atom stereocenters. The number of benzene rings is 2. The van der Waals surface area contributed by atoms with Crippen LogP contribution < -0.4 is 0 Å². The Morgan fingerprint density at radius 2 is 1.58 bits per heavy atom. The van der Waals surface area contributed by atoms with E-state index in [9.17, 15) is 5.11 Å². The summed E-state index contributed by atoms with van der Waals surface area (Å²) in [4.78, 5) is 4.25. The van der Waals surface area contributed by atoms with E-state index in [0.717, 1.165) is 22.3 Å². The van der Waals surface area contributed by atoms with Gasteiger partial charge in [0.2, 0.25) is 0 Å². The molecule has 0 aliphatic heterocycles. The molecule has 4 heteroatoms. The van der Waals surface area contributed by atoms with E-state index in [4.69, 9.17) is 23.2 Å². The summed E-state index contributed by atoms with van der Waals surface area (Å²) in [5.41, 5.74) is 5.12. The number of rotatable bonds is 1. The normalized spacial score (nSPS) is 14.3. The standard InChI is InChI=1S/C20H15Cl2NO/c1-20(2)13-7-6-12(18-15(21)4-3-5-16(18)22)19(24)17(13)11-8-9-23-10-14(11)20/h3-10,24H,1-2H3. The molecule has 3 aromatic rings. The number of hydrogen-bond acceptors (Lipinski definition) is 2. The van der Waals surface area contributed by atoms with Crippen molar-refractivity contribution in [3.63, 3.8) is 0 Å². The highest BCUT2D eigenvalue weighted by Gasteiger charge is 2.38. The number of hydrogen-bond donors (Lipinski definition) is 1. The number of aromatic nitrogens is 1. The maximum atomic E-state index is 11.1. The van der Waals surface area contributed by atoms with Gasteiger partial charge in [0.05, 0.1) is 10.0 Å². The van der Waals surface area contributed by atoms with Gasteiger partial charge in [-0.25, -0.2) is 0 Å². The molecule has 0 amide bonds. The molecule has 0 radical (unpaired) electrons. The minimum absolute atomic E-state index is 0.209. The summed E-state index contributed by atoms with van der Waals surface area (Å²) in [5.74, 6) is 0.209. The van der Waals surface area contributed by atoms with Gasteiger partial charge in [-0.1, -0.05) is 55.2 Å². The summed E-state index contributed by atoms with van der Waals surface area (Å²) in [6, 6.07) is 11.2. The van der Waals surface area contributed by atoms with E-state index >= 15 is 0 Å². The second-order valence-corrected chi connectivity index (χ2v) is 7.34. The van der Waals surface area contributed by atoms with Crippen LogP contribution in [-0.4, -0.2) is 10.1 Å². The first-order chi connectivity index (χ1) is 11.4. The molecule has 2 nitrogen and oxygen atoms in total. The number of phenols is 1. The van der Waals surface area contributed by atoms with E-state index < -0.39 is 0 Å². The topological polar surface area (TPSA) is 33.1 Å². The van der Waals surface area contributed by atoms with Crippen LogP contribution in [0, 0.1) is 0 Å². The predicted octanol–water partition coefficient (Wildman–Crippen LogP) is 6.07. The molecule has 0 saturated carbocycles. The van der Waals surface area contributed by atoms with Gasteiger partial charge in [-0.15, -0.1) is 0 Å². The largest absolute Gasteiger partial charge is 0.507 e. The lowest BCUT2D eigenvalue weighted by molar-refractivity contribution is 0.478. The van der Waals surface area contributed by atoms with Gasteiger partial charge < -0.3 is 5.11 Å². The third-order valence-corrected chi connectivity index (χ3v) is 5.48. The number of nitrogens with zero attached hydrogens (tertiary/aromatic N) is 1. The van der Waals surface area contributed by atoms with Crippen molar-refractivity contribution in [3.05, 3.63) is 70.0 Å². The molecular weight excluding hydrogens is 341 g/mol. The van der Waals surface area contributed by atoms with E-state index in [0.29, 0.717) is 21.2 Å². The molecular formula is C20H15Cl2NO. The molecule has 1 aliphatic carbocycles. The van der Waals surface area contributed by atoms with E-state index in [1.165, 1.54) is 0 Å². The van der Waals surface area contributed by atoms with Crippen molar-refractivity contribution in [1.82, 2.24) is 4.98 Å². The Morgan fingerprint density at radius 3 is 2.29 bits per heavy atom. The third-order valence-electron chi connectivity index (χ3n) is 4.85. The molecule has 0 atom stereocenters. The van der Waals surface area contributed by atoms with Crippen LogP contribution in [-0.2, 0) is 5.41 Å². The van der Waals surface area contributed by atoms with Crippen molar-refractivity contribution in [2.24, 2.45) is 0 Å². The lowest BCUT2D eigenvalue weighted by Crippen LogP contribution is -2.15. The van der Waals surface area contributed by atoms with Crippen LogP contribution >= 0.6 is 23.2 Å². The Hall–Kier alpha value is -2.03. The molecule has 24 heavy (non-hydrogen) atoms. The van der Waals surface area contributed by atoms with E-state index in [2.05, 4.69) is 18.8 Å². The quantitative estimate of drug-likeness (QED) is 0.574. The summed E-state index contributed by atoms with van der Waals surface area (Å²) in [6.07, 6.45) is 3.62. The zero-order valence-corrected chi connectivity index (χ0v) is 14.8. The highest BCUT2D eigenvalue weighted by atomic mass is 35.5. The van der Waals surface area contributed by atoms with Crippen molar-refractivity contribution < 1.29 is 5.11 Å². The fourth-order valence-electron chi connectivity index (χ4n) is 3.60. The number of phenolic OH excluding ortho intramolecular Hbond substituents is 1. The molecule has 1 N–H and O–H groups in total. The molecule has 1 aliphatic rings. The molecule has 2 aromatic carbocycles. The van der Waals surface area contributed by atoms with E-state index in [1.807, 2.05) is 24.4 Å². The molecule has 4 rings (SSSR count). The maximum Gasteiger partial charge on any atom is 0.131 e. The van der Waals surface area contributed by atoms with E-state index in [1.54, 1.807) is 24.4 Å². The van der Waals surface area contributed by atoms with Crippen molar-refractivity contribution in [1.29, 1.82) is 0 Å². The summed E-state index contributed by atoms with van der Waals surface area (Å²) < 4.78 is 0. The number of halogens is 2. The average Bonchev–Trinajstić information content (AvgIpc) is 2.78. The van der Waals surface area contributed by atoms with Gasteiger partial charge in [0, 0.05) is 34.5 Å². The van der Waals surface area contributed by atoms with Crippen molar-refractivity contribution in [2.45, 2.75) is 19.3 Å².